The van der Waals surface area contributed by atoms with E-state index in [4.69, 9.17) is 9.47 Å². The molecule has 0 amide bonds. The van der Waals surface area contributed by atoms with E-state index in [0.717, 1.165) is 5.52 Å². The van der Waals surface area contributed by atoms with Crippen molar-refractivity contribution in [2.45, 2.75) is 0 Å². The van der Waals surface area contributed by atoms with Crippen LogP contribution in [0.1, 0.15) is 0 Å². The van der Waals surface area contributed by atoms with Crippen LogP contribution >= 0.6 is 15.9 Å². The van der Waals surface area contributed by atoms with E-state index >= 15 is 0 Å². The number of hydrogen-bond acceptors (Lipinski definition) is 3. The van der Waals surface area contributed by atoms with Crippen LogP contribution in [0.5, 0.6) is 11.5 Å². The first-order valence-corrected chi connectivity index (χ1v) is 6.99. The van der Waals surface area contributed by atoms with E-state index in [1.807, 2.05) is 0 Å². The molecule has 0 saturated carbocycles. The lowest BCUT2D eigenvalue weighted by Gasteiger charge is -2.06. The van der Waals surface area contributed by atoms with Crippen LogP contribution in [0.2, 0.25) is 0 Å². The fraction of sp³-hybridized carbons (Fsp3) is 0.133. The zero-order valence-corrected chi connectivity index (χ0v) is 13.0. The van der Waals surface area contributed by atoms with Crippen molar-refractivity contribution in [1.82, 2.24) is 9.97 Å². The van der Waals surface area contributed by atoms with Crippen molar-refractivity contribution in [3.8, 4) is 22.9 Å². The maximum Gasteiger partial charge on any atom is 0.163 e. The summed E-state index contributed by atoms with van der Waals surface area (Å²) in [5.74, 6) is 1.28. The summed E-state index contributed by atoms with van der Waals surface area (Å²) in [6, 6.07) is 8.61. The van der Waals surface area contributed by atoms with Crippen LogP contribution in [-0.2, 0) is 0 Å². The Bertz CT molecular complexity index is 776. The third kappa shape index (κ3) is 2.35. The fourth-order valence-electron chi connectivity index (χ4n) is 2.15. The fourth-order valence-corrected chi connectivity index (χ4v) is 2.52. The van der Waals surface area contributed by atoms with Gasteiger partial charge in [-0.25, -0.2) is 9.37 Å². The number of methoxy groups -OCH3 is 2. The van der Waals surface area contributed by atoms with Gasteiger partial charge in [0.25, 0.3) is 0 Å². The number of rotatable bonds is 3. The second kappa shape index (κ2) is 5.37. The highest BCUT2D eigenvalue weighted by Gasteiger charge is 2.14. The Morgan fingerprint density at radius 3 is 2.57 bits per heavy atom. The minimum Gasteiger partial charge on any atom is -0.493 e. The number of ether oxygens (including phenoxy) is 2. The van der Waals surface area contributed by atoms with Crippen LogP contribution in [0.4, 0.5) is 4.39 Å². The molecule has 0 aliphatic rings. The van der Waals surface area contributed by atoms with Gasteiger partial charge in [-0.15, -0.1) is 0 Å². The van der Waals surface area contributed by atoms with Crippen molar-refractivity contribution in [3.63, 3.8) is 0 Å². The number of nitrogens with zero attached hydrogens (tertiary/aromatic N) is 1. The Kier molecular flexibility index (Phi) is 3.55. The van der Waals surface area contributed by atoms with Crippen LogP contribution in [0.3, 0.4) is 0 Å². The molecular weight excluding hydrogens is 339 g/mol. The summed E-state index contributed by atoms with van der Waals surface area (Å²) in [5, 5.41) is 0. The standard InChI is InChI=1S/C15H12BrFN2O2/c1-20-12-6-10-11(7-13(12)21-2)19-15(18-10)8-4-3-5-9(16)14(8)17/h3-7H,1-2H3,(H,18,19). The van der Waals surface area contributed by atoms with E-state index < -0.39 is 0 Å². The first-order valence-electron chi connectivity index (χ1n) is 6.20. The zero-order chi connectivity index (χ0) is 15.0. The van der Waals surface area contributed by atoms with Crippen molar-refractivity contribution in [2.24, 2.45) is 0 Å². The molecule has 6 heteroatoms. The topological polar surface area (TPSA) is 47.1 Å². The Morgan fingerprint density at radius 1 is 1.14 bits per heavy atom. The molecule has 0 fully saturated rings. The summed E-state index contributed by atoms with van der Waals surface area (Å²) < 4.78 is 25.0. The van der Waals surface area contributed by atoms with E-state index in [0.29, 0.717) is 32.9 Å². The van der Waals surface area contributed by atoms with Crippen molar-refractivity contribution in [3.05, 3.63) is 40.6 Å². The molecular formula is C15H12BrFN2O2. The van der Waals surface area contributed by atoms with Gasteiger partial charge in [0.2, 0.25) is 0 Å². The van der Waals surface area contributed by atoms with E-state index in [9.17, 15) is 4.39 Å². The number of hydrogen-bond donors (Lipinski definition) is 1. The molecule has 1 N–H and O–H groups in total. The normalized spacial score (nSPS) is 10.9. The van der Waals surface area contributed by atoms with Gasteiger partial charge in [0.05, 0.1) is 35.3 Å². The van der Waals surface area contributed by atoms with Gasteiger partial charge in [0, 0.05) is 12.1 Å². The highest BCUT2D eigenvalue weighted by molar-refractivity contribution is 9.10. The lowest BCUT2D eigenvalue weighted by Crippen LogP contribution is -1.89. The molecule has 1 heterocycles. The minimum absolute atomic E-state index is 0.351. The molecule has 2 aromatic carbocycles. The molecule has 21 heavy (non-hydrogen) atoms. The number of aromatic nitrogens is 2. The number of nitrogens with one attached hydrogen (secondary N) is 1. The molecule has 3 rings (SSSR count). The van der Waals surface area contributed by atoms with E-state index in [1.165, 1.54) is 0 Å². The van der Waals surface area contributed by atoms with Crippen LogP contribution in [0.25, 0.3) is 22.4 Å². The first kappa shape index (κ1) is 13.9. The maximum absolute atomic E-state index is 14.2. The van der Waals surface area contributed by atoms with Crippen LogP contribution in [-0.4, -0.2) is 24.2 Å². The quantitative estimate of drug-likeness (QED) is 0.771. The molecule has 108 valence electrons. The summed E-state index contributed by atoms with van der Waals surface area (Å²) in [6.07, 6.45) is 0. The van der Waals surface area contributed by atoms with Gasteiger partial charge in [-0.3, -0.25) is 0 Å². The molecule has 0 aliphatic heterocycles. The van der Waals surface area contributed by atoms with Gasteiger partial charge >= 0.3 is 0 Å². The summed E-state index contributed by atoms with van der Waals surface area (Å²) >= 11 is 3.18. The number of aromatic amines is 1. The average molecular weight is 351 g/mol. The summed E-state index contributed by atoms with van der Waals surface area (Å²) in [5.41, 5.74) is 1.84. The average Bonchev–Trinajstić information content (AvgIpc) is 2.90. The van der Waals surface area contributed by atoms with Crippen LogP contribution in [0, 0.1) is 5.82 Å². The van der Waals surface area contributed by atoms with Crippen LogP contribution < -0.4 is 9.47 Å². The molecule has 0 atom stereocenters. The van der Waals surface area contributed by atoms with Crippen molar-refractivity contribution < 1.29 is 13.9 Å². The minimum atomic E-state index is -0.351. The molecule has 4 nitrogen and oxygen atoms in total. The van der Waals surface area contributed by atoms with Gasteiger partial charge in [-0.05, 0) is 28.1 Å². The Labute approximate surface area is 129 Å². The monoisotopic (exact) mass is 350 g/mol. The number of benzene rings is 2. The maximum atomic E-state index is 14.2. The smallest absolute Gasteiger partial charge is 0.163 e. The van der Waals surface area contributed by atoms with Crippen molar-refractivity contribution in [1.29, 1.82) is 0 Å². The van der Waals surface area contributed by atoms with Gasteiger partial charge < -0.3 is 14.5 Å². The predicted octanol–water partition coefficient (Wildman–Crippen LogP) is 4.15. The van der Waals surface area contributed by atoms with E-state index in [2.05, 4.69) is 25.9 Å². The van der Waals surface area contributed by atoms with Gasteiger partial charge in [0.1, 0.15) is 11.6 Å². The van der Waals surface area contributed by atoms with Crippen molar-refractivity contribution >= 4 is 27.0 Å². The van der Waals surface area contributed by atoms with Crippen molar-refractivity contribution in [2.75, 3.05) is 14.2 Å². The van der Waals surface area contributed by atoms with Gasteiger partial charge in [0.15, 0.2) is 11.5 Å². The number of halogens is 2. The zero-order valence-electron chi connectivity index (χ0n) is 11.4. The third-order valence-corrected chi connectivity index (χ3v) is 3.81. The summed E-state index contributed by atoms with van der Waals surface area (Å²) in [6.45, 7) is 0. The summed E-state index contributed by atoms with van der Waals surface area (Å²) in [7, 11) is 3.13. The molecule has 0 unspecified atom stereocenters. The Balaban J connectivity index is 2.19. The molecule has 1 aromatic heterocycles. The number of H-pyrrole nitrogens is 1. The van der Waals surface area contributed by atoms with E-state index in [1.54, 1.807) is 44.6 Å². The Hall–Kier alpha value is -2.08. The number of imidazole rings is 1. The SMILES string of the molecule is COc1cc2nc(-c3cccc(Br)c3F)[nH]c2cc1OC. The molecule has 0 spiro atoms. The highest BCUT2D eigenvalue weighted by atomic mass is 79.9. The Morgan fingerprint density at radius 2 is 1.86 bits per heavy atom. The second-order valence-corrected chi connectivity index (χ2v) is 5.27. The predicted molar refractivity (Wildman–Crippen MR) is 82.3 cm³/mol. The molecule has 0 bridgehead atoms. The molecule has 0 aliphatic carbocycles. The van der Waals surface area contributed by atoms with Crippen LogP contribution in [0.15, 0.2) is 34.8 Å². The van der Waals surface area contributed by atoms with Gasteiger partial charge in [-0.1, -0.05) is 6.07 Å². The first-order chi connectivity index (χ1) is 10.1. The second-order valence-electron chi connectivity index (χ2n) is 4.41. The van der Waals surface area contributed by atoms with Gasteiger partial charge in [-0.2, -0.15) is 0 Å². The lowest BCUT2D eigenvalue weighted by atomic mass is 10.2. The molecule has 3 aromatic rings. The highest BCUT2D eigenvalue weighted by Crippen LogP contribution is 2.33. The molecule has 0 saturated heterocycles. The number of fused-ring (bicyclic) bond motifs is 1. The third-order valence-electron chi connectivity index (χ3n) is 3.19. The lowest BCUT2D eigenvalue weighted by molar-refractivity contribution is 0.356. The van der Waals surface area contributed by atoms with E-state index in [-0.39, 0.29) is 5.82 Å². The largest absolute Gasteiger partial charge is 0.493 e. The molecule has 0 radical (unpaired) electrons. The summed E-state index contributed by atoms with van der Waals surface area (Å²) in [4.78, 5) is 7.52.